The van der Waals surface area contributed by atoms with Crippen molar-refractivity contribution < 1.29 is 32.2 Å². The smallest absolute Gasteiger partial charge is 0.329 e. The molecule has 2 amide bonds. The molecule has 1 fully saturated rings. The van der Waals surface area contributed by atoms with E-state index in [2.05, 4.69) is 4.84 Å². The van der Waals surface area contributed by atoms with Gasteiger partial charge in [0.05, 0.1) is 0 Å². The molecule has 0 bridgehead atoms. The van der Waals surface area contributed by atoms with Crippen molar-refractivity contribution in [1.29, 1.82) is 0 Å². The maximum atomic E-state index is 11.7. The molecule has 1 N–H and O–H groups in total. The molecule has 20 heavy (non-hydrogen) atoms. The van der Waals surface area contributed by atoms with Gasteiger partial charge in [-0.15, -0.1) is 5.06 Å². The van der Waals surface area contributed by atoms with E-state index in [4.69, 9.17) is 4.55 Å². The monoisotopic (exact) mass is 343 g/mol. The Morgan fingerprint density at radius 3 is 2.40 bits per heavy atom. The van der Waals surface area contributed by atoms with Gasteiger partial charge >= 0.3 is 5.97 Å². The summed E-state index contributed by atoms with van der Waals surface area (Å²) >= 11 is 0. The van der Waals surface area contributed by atoms with Crippen molar-refractivity contribution in [2.45, 2.75) is 24.5 Å². The SMILES string of the molecule is CSSCCC(C(=O)ON1C(=O)CCC1=O)S(=O)(=O)O. The van der Waals surface area contributed by atoms with Gasteiger partial charge in [-0.25, -0.2) is 4.79 Å². The second-order valence-corrected chi connectivity index (χ2v) is 8.06. The van der Waals surface area contributed by atoms with Gasteiger partial charge in [-0.2, -0.15) is 8.42 Å². The standard InChI is InChI=1S/C9H13NO7S3/c1-18-19-5-4-6(20(14,15)16)9(13)17-10-7(11)2-3-8(10)12/h6H,2-5H2,1H3,(H,14,15,16). The highest BCUT2D eigenvalue weighted by Gasteiger charge is 2.38. The Labute approximate surface area is 123 Å². The highest BCUT2D eigenvalue weighted by atomic mass is 33.1. The van der Waals surface area contributed by atoms with E-state index in [0.717, 1.165) is 0 Å². The number of imide groups is 1. The van der Waals surface area contributed by atoms with Crippen molar-refractivity contribution in [1.82, 2.24) is 5.06 Å². The molecule has 0 aromatic heterocycles. The average molecular weight is 343 g/mol. The number of hydrogen-bond acceptors (Lipinski definition) is 8. The third kappa shape index (κ3) is 4.65. The summed E-state index contributed by atoms with van der Waals surface area (Å²) in [5.74, 6) is -2.48. The summed E-state index contributed by atoms with van der Waals surface area (Å²) in [4.78, 5) is 38.7. The highest BCUT2D eigenvalue weighted by Crippen LogP contribution is 2.21. The molecule has 114 valence electrons. The molecule has 0 aromatic carbocycles. The Balaban J connectivity index is 2.73. The average Bonchev–Trinajstić information content (AvgIpc) is 2.64. The molecule has 1 saturated heterocycles. The lowest BCUT2D eigenvalue weighted by Crippen LogP contribution is -2.39. The zero-order chi connectivity index (χ0) is 15.3. The van der Waals surface area contributed by atoms with Crippen LogP contribution in [-0.2, 0) is 29.3 Å². The van der Waals surface area contributed by atoms with E-state index in [0.29, 0.717) is 0 Å². The van der Waals surface area contributed by atoms with Crippen LogP contribution in [0.5, 0.6) is 0 Å². The van der Waals surface area contributed by atoms with Crippen molar-refractivity contribution in [2.75, 3.05) is 12.0 Å². The van der Waals surface area contributed by atoms with Gasteiger partial charge in [-0.3, -0.25) is 14.1 Å². The molecular weight excluding hydrogens is 330 g/mol. The normalized spacial score (nSPS) is 17.4. The molecule has 1 atom stereocenters. The number of rotatable bonds is 7. The van der Waals surface area contributed by atoms with Gasteiger partial charge in [0, 0.05) is 18.6 Å². The first kappa shape index (κ1) is 17.3. The van der Waals surface area contributed by atoms with Gasteiger partial charge in [0.1, 0.15) is 0 Å². The first-order chi connectivity index (χ1) is 9.27. The Morgan fingerprint density at radius 1 is 1.40 bits per heavy atom. The summed E-state index contributed by atoms with van der Waals surface area (Å²) < 4.78 is 31.3. The lowest BCUT2D eigenvalue weighted by Gasteiger charge is -2.16. The maximum absolute atomic E-state index is 11.7. The fourth-order valence-electron chi connectivity index (χ4n) is 1.43. The number of hydrogen-bond donors (Lipinski definition) is 1. The molecule has 1 rings (SSSR count). The van der Waals surface area contributed by atoms with Crippen LogP contribution in [0, 0.1) is 0 Å². The molecular formula is C9H13NO7S3. The Bertz CT molecular complexity index is 488. The summed E-state index contributed by atoms with van der Waals surface area (Å²) in [5, 5.41) is -1.56. The molecule has 0 spiro atoms. The topological polar surface area (TPSA) is 118 Å². The lowest BCUT2D eigenvalue weighted by molar-refractivity contribution is -0.197. The molecule has 0 saturated carbocycles. The van der Waals surface area contributed by atoms with Crippen LogP contribution in [0.4, 0.5) is 0 Å². The zero-order valence-corrected chi connectivity index (χ0v) is 12.9. The molecule has 0 aliphatic carbocycles. The van der Waals surface area contributed by atoms with Crippen molar-refractivity contribution in [3.05, 3.63) is 0 Å². The predicted molar refractivity (Wildman–Crippen MR) is 73.1 cm³/mol. The summed E-state index contributed by atoms with van der Waals surface area (Å²) in [6.07, 6.45) is 1.41. The van der Waals surface area contributed by atoms with Gasteiger partial charge < -0.3 is 4.84 Å². The summed E-state index contributed by atoms with van der Waals surface area (Å²) in [6.45, 7) is 0. The van der Waals surface area contributed by atoms with Crippen LogP contribution < -0.4 is 0 Å². The number of carbonyl (C=O) groups excluding carboxylic acids is 3. The minimum absolute atomic E-state index is 0.0923. The van der Waals surface area contributed by atoms with Gasteiger partial charge in [-0.1, -0.05) is 21.6 Å². The van der Waals surface area contributed by atoms with E-state index in [1.807, 2.05) is 0 Å². The first-order valence-corrected chi connectivity index (χ1v) is 9.70. The fraction of sp³-hybridized carbons (Fsp3) is 0.667. The molecule has 1 unspecified atom stereocenters. The van der Waals surface area contributed by atoms with E-state index in [-0.39, 0.29) is 30.1 Å². The van der Waals surface area contributed by atoms with Crippen molar-refractivity contribution in [2.24, 2.45) is 0 Å². The van der Waals surface area contributed by atoms with Crippen LogP contribution >= 0.6 is 21.6 Å². The highest BCUT2D eigenvalue weighted by molar-refractivity contribution is 8.76. The minimum Gasteiger partial charge on any atom is -0.329 e. The second kappa shape index (κ2) is 7.29. The predicted octanol–water partition coefficient (Wildman–Crippen LogP) is 0.251. The zero-order valence-electron chi connectivity index (χ0n) is 10.5. The van der Waals surface area contributed by atoms with Gasteiger partial charge in [0.25, 0.3) is 21.9 Å². The van der Waals surface area contributed by atoms with E-state index < -0.39 is 33.2 Å². The largest absolute Gasteiger partial charge is 0.353 e. The minimum atomic E-state index is -4.67. The Hall–Kier alpha value is -0.780. The third-order valence-corrected chi connectivity index (χ3v) is 5.38. The van der Waals surface area contributed by atoms with E-state index >= 15 is 0 Å². The number of nitrogens with zero attached hydrogens (tertiary/aromatic N) is 1. The van der Waals surface area contributed by atoms with Crippen LogP contribution in [-0.4, -0.2) is 53.1 Å². The van der Waals surface area contributed by atoms with E-state index in [1.54, 1.807) is 6.26 Å². The van der Waals surface area contributed by atoms with Crippen LogP contribution in [0.1, 0.15) is 19.3 Å². The number of hydroxylamine groups is 2. The molecule has 1 aliphatic rings. The van der Waals surface area contributed by atoms with Crippen LogP contribution in [0.15, 0.2) is 0 Å². The van der Waals surface area contributed by atoms with Crippen molar-refractivity contribution in [3.8, 4) is 0 Å². The van der Waals surface area contributed by atoms with Gasteiger partial charge in [-0.05, 0) is 12.7 Å². The van der Waals surface area contributed by atoms with Crippen LogP contribution in [0.3, 0.4) is 0 Å². The summed E-state index contributed by atoms with van der Waals surface area (Å²) in [7, 11) is -2.00. The third-order valence-electron chi connectivity index (χ3n) is 2.39. The lowest BCUT2D eigenvalue weighted by atomic mass is 10.3. The summed E-state index contributed by atoms with van der Waals surface area (Å²) in [6, 6.07) is 0. The maximum Gasteiger partial charge on any atom is 0.353 e. The Kier molecular flexibility index (Phi) is 6.30. The van der Waals surface area contributed by atoms with Gasteiger partial charge in [0.15, 0.2) is 5.25 Å². The van der Waals surface area contributed by atoms with Crippen LogP contribution in [0.25, 0.3) is 0 Å². The van der Waals surface area contributed by atoms with E-state index in [1.165, 1.54) is 21.6 Å². The molecule has 8 nitrogen and oxygen atoms in total. The van der Waals surface area contributed by atoms with E-state index in [9.17, 15) is 22.8 Å². The number of amides is 2. The second-order valence-electron chi connectivity index (χ2n) is 3.77. The molecule has 0 aromatic rings. The van der Waals surface area contributed by atoms with Gasteiger partial charge in [0.2, 0.25) is 0 Å². The Morgan fingerprint density at radius 2 is 1.95 bits per heavy atom. The van der Waals surface area contributed by atoms with Crippen molar-refractivity contribution in [3.63, 3.8) is 0 Å². The molecule has 1 heterocycles. The van der Waals surface area contributed by atoms with Crippen LogP contribution in [0.2, 0.25) is 0 Å². The molecule has 0 radical (unpaired) electrons. The summed E-state index contributed by atoms with van der Waals surface area (Å²) in [5.41, 5.74) is 0. The number of carbonyl (C=O) groups is 3. The molecule has 1 aliphatic heterocycles. The quantitative estimate of drug-likeness (QED) is 0.300. The fourth-order valence-corrected chi connectivity index (χ4v) is 3.57. The molecule has 11 heteroatoms. The first-order valence-electron chi connectivity index (χ1n) is 5.47. The van der Waals surface area contributed by atoms with Crippen molar-refractivity contribution >= 4 is 49.5 Å².